The zero-order valence-electron chi connectivity index (χ0n) is 11.0. The van der Waals surface area contributed by atoms with Crippen LogP contribution < -0.4 is 5.73 Å². The molecule has 0 saturated heterocycles. The first-order chi connectivity index (χ1) is 6.93. The van der Waals surface area contributed by atoms with E-state index in [2.05, 4.69) is 39.6 Å². The second kappa shape index (κ2) is 7.20. The number of likely N-dealkylation sites (N-methyl/N-ethyl adjacent to an activating group) is 1. The van der Waals surface area contributed by atoms with E-state index in [4.69, 9.17) is 10.5 Å². The summed E-state index contributed by atoms with van der Waals surface area (Å²) in [6.07, 6.45) is 1.45. The monoisotopic (exact) mass is 216 g/mol. The summed E-state index contributed by atoms with van der Waals surface area (Å²) in [5.74, 6) is 0. The van der Waals surface area contributed by atoms with Gasteiger partial charge in [0, 0.05) is 13.1 Å². The SMILES string of the molecule is CCC(C)(CN)CN(C)CCOC(C)C. The van der Waals surface area contributed by atoms with Gasteiger partial charge in [0.05, 0.1) is 12.7 Å². The maximum absolute atomic E-state index is 5.78. The van der Waals surface area contributed by atoms with Crippen LogP contribution in [0.15, 0.2) is 0 Å². The Kier molecular flexibility index (Phi) is 7.14. The highest BCUT2D eigenvalue weighted by molar-refractivity contribution is 4.76. The number of rotatable bonds is 8. The van der Waals surface area contributed by atoms with Crippen LogP contribution in [0.5, 0.6) is 0 Å². The van der Waals surface area contributed by atoms with Crippen LogP contribution in [0.3, 0.4) is 0 Å². The number of hydrogen-bond donors (Lipinski definition) is 1. The molecule has 1 unspecified atom stereocenters. The highest BCUT2D eigenvalue weighted by Gasteiger charge is 2.21. The Morgan fingerprint density at radius 3 is 2.40 bits per heavy atom. The third-order valence-electron chi connectivity index (χ3n) is 2.92. The van der Waals surface area contributed by atoms with Gasteiger partial charge < -0.3 is 15.4 Å². The van der Waals surface area contributed by atoms with Gasteiger partial charge in [-0.2, -0.15) is 0 Å². The lowest BCUT2D eigenvalue weighted by atomic mass is 9.87. The second-order valence-corrected chi connectivity index (χ2v) is 5.03. The van der Waals surface area contributed by atoms with Crippen molar-refractivity contribution in [3.63, 3.8) is 0 Å². The third-order valence-corrected chi connectivity index (χ3v) is 2.92. The fourth-order valence-corrected chi connectivity index (χ4v) is 1.50. The molecule has 0 aliphatic rings. The molecule has 92 valence electrons. The van der Waals surface area contributed by atoms with Crippen molar-refractivity contribution in [2.75, 3.05) is 33.3 Å². The van der Waals surface area contributed by atoms with Crippen molar-refractivity contribution in [1.82, 2.24) is 4.90 Å². The summed E-state index contributed by atoms with van der Waals surface area (Å²) in [5.41, 5.74) is 6.03. The van der Waals surface area contributed by atoms with Crippen molar-refractivity contribution >= 4 is 0 Å². The summed E-state index contributed by atoms with van der Waals surface area (Å²) in [4.78, 5) is 2.30. The Bertz CT molecular complexity index is 156. The quantitative estimate of drug-likeness (QED) is 0.671. The first-order valence-electron chi connectivity index (χ1n) is 5.93. The molecule has 0 radical (unpaired) electrons. The van der Waals surface area contributed by atoms with Gasteiger partial charge in [0.25, 0.3) is 0 Å². The number of hydrogen-bond acceptors (Lipinski definition) is 3. The lowest BCUT2D eigenvalue weighted by molar-refractivity contribution is 0.0560. The summed E-state index contributed by atoms with van der Waals surface area (Å²) < 4.78 is 5.52. The van der Waals surface area contributed by atoms with Crippen molar-refractivity contribution in [1.29, 1.82) is 0 Å². The lowest BCUT2D eigenvalue weighted by Crippen LogP contribution is -2.39. The molecule has 0 heterocycles. The van der Waals surface area contributed by atoms with E-state index in [-0.39, 0.29) is 5.41 Å². The van der Waals surface area contributed by atoms with Gasteiger partial charge in [-0.15, -0.1) is 0 Å². The molecule has 0 spiro atoms. The predicted molar refractivity (Wildman–Crippen MR) is 66.0 cm³/mol. The normalized spacial score (nSPS) is 16.0. The molecule has 0 aromatic carbocycles. The van der Waals surface area contributed by atoms with Crippen molar-refractivity contribution in [3.05, 3.63) is 0 Å². The fourth-order valence-electron chi connectivity index (χ4n) is 1.50. The molecule has 3 heteroatoms. The molecule has 0 bridgehead atoms. The smallest absolute Gasteiger partial charge is 0.0596 e. The van der Waals surface area contributed by atoms with Gasteiger partial charge in [-0.1, -0.05) is 13.8 Å². The second-order valence-electron chi connectivity index (χ2n) is 5.03. The van der Waals surface area contributed by atoms with E-state index in [1.165, 1.54) is 0 Å². The van der Waals surface area contributed by atoms with E-state index < -0.39 is 0 Å². The van der Waals surface area contributed by atoms with Gasteiger partial charge in [-0.05, 0) is 39.3 Å². The summed E-state index contributed by atoms with van der Waals surface area (Å²) in [7, 11) is 2.13. The number of nitrogens with two attached hydrogens (primary N) is 1. The van der Waals surface area contributed by atoms with Crippen LogP contribution >= 0.6 is 0 Å². The molecule has 0 aliphatic carbocycles. The zero-order chi connectivity index (χ0) is 11.9. The minimum Gasteiger partial charge on any atom is -0.377 e. The van der Waals surface area contributed by atoms with E-state index in [0.29, 0.717) is 6.10 Å². The maximum atomic E-state index is 5.78. The fraction of sp³-hybridized carbons (Fsp3) is 1.00. The maximum Gasteiger partial charge on any atom is 0.0596 e. The Morgan fingerprint density at radius 2 is 2.00 bits per heavy atom. The van der Waals surface area contributed by atoms with Crippen molar-refractivity contribution < 1.29 is 4.74 Å². The average Bonchev–Trinajstić information content (AvgIpc) is 2.17. The van der Waals surface area contributed by atoms with Crippen molar-refractivity contribution in [2.45, 2.75) is 40.2 Å². The molecule has 0 fully saturated rings. The Balaban J connectivity index is 3.76. The van der Waals surface area contributed by atoms with E-state index in [0.717, 1.165) is 32.7 Å². The largest absolute Gasteiger partial charge is 0.377 e. The Hall–Kier alpha value is -0.120. The first-order valence-corrected chi connectivity index (χ1v) is 5.93. The average molecular weight is 216 g/mol. The Morgan fingerprint density at radius 1 is 1.40 bits per heavy atom. The molecule has 0 aliphatic heterocycles. The van der Waals surface area contributed by atoms with Gasteiger partial charge in [-0.25, -0.2) is 0 Å². The minimum absolute atomic E-state index is 0.243. The predicted octanol–water partition coefficient (Wildman–Crippen LogP) is 1.72. The van der Waals surface area contributed by atoms with E-state index >= 15 is 0 Å². The van der Waals surface area contributed by atoms with E-state index in [1.54, 1.807) is 0 Å². The van der Waals surface area contributed by atoms with Crippen LogP contribution in [-0.2, 0) is 4.74 Å². The van der Waals surface area contributed by atoms with Gasteiger partial charge in [0.15, 0.2) is 0 Å². The molecular weight excluding hydrogens is 188 g/mol. The molecule has 15 heavy (non-hydrogen) atoms. The summed E-state index contributed by atoms with van der Waals surface area (Å²) in [5, 5.41) is 0. The summed E-state index contributed by atoms with van der Waals surface area (Å²) in [6.45, 7) is 12.1. The summed E-state index contributed by atoms with van der Waals surface area (Å²) >= 11 is 0. The highest BCUT2D eigenvalue weighted by atomic mass is 16.5. The molecular formula is C12H28N2O. The molecule has 0 rings (SSSR count). The molecule has 0 aromatic heterocycles. The molecule has 0 saturated carbocycles. The van der Waals surface area contributed by atoms with Crippen molar-refractivity contribution in [3.8, 4) is 0 Å². The van der Waals surface area contributed by atoms with Gasteiger partial charge >= 0.3 is 0 Å². The molecule has 3 nitrogen and oxygen atoms in total. The number of ether oxygens (including phenoxy) is 1. The Labute approximate surface area is 95.0 Å². The standard InChI is InChI=1S/C12H28N2O/c1-6-12(4,9-13)10-14(5)7-8-15-11(2)3/h11H,6-10,13H2,1-5H3. The van der Waals surface area contributed by atoms with Gasteiger partial charge in [0.1, 0.15) is 0 Å². The molecule has 0 aromatic rings. The van der Waals surface area contributed by atoms with Crippen LogP contribution in [0.2, 0.25) is 0 Å². The molecule has 1 atom stereocenters. The minimum atomic E-state index is 0.243. The van der Waals surface area contributed by atoms with Crippen LogP contribution in [-0.4, -0.2) is 44.3 Å². The van der Waals surface area contributed by atoms with Crippen LogP contribution in [0.25, 0.3) is 0 Å². The topological polar surface area (TPSA) is 38.5 Å². The zero-order valence-corrected chi connectivity index (χ0v) is 11.0. The third kappa shape index (κ3) is 6.88. The molecule has 0 amide bonds. The van der Waals surface area contributed by atoms with Crippen molar-refractivity contribution in [2.24, 2.45) is 11.1 Å². The van der Waals surface area contributed by atoms with Crippen LogP contribution in [0.4, 0.5) is 0 Å². The first kappa shape index (κ1) is 14.9. The van der Waals surface area contributed by atoms with E-state index in [1.807, 2.05) is 0 Å². The summed E-state index contributed by atoms with van der Waals surface area (Å²) in [6, 6.07) is 0. The van der Waals surface area contributed by atoms with Crippen LogP contribution in [0.1, 0.15) is 34.1 Å². The van der Waals surface area contributed by atoms with E-state index in [9.17, 15) is 0 Å². The van der Waals surface area contributed by atoms with Gasteiger partial charge in [-0.3, -0.25) is 0 Å². The van der Waals surface area contributed by atoms with Gasteiger partial charge in [0.2, 0.25) is 0 Å². The lowest BCUT2D eigenvalue weighted by Gasteiger charge is -2.31. The molecule has 2 N–H and O–H groups in total. The highest BCUT2D eigenvalue weighted by Crippen LogP contribution is 2.19. The number of nitrogens with zero attached hydrogens (tertiary/aromatic N) is 1. The van der Waals surface area contributed by atoms with Crippen LogP contribution in [0, 0.1) is 5.41 Å².